The Kier molecular flexibility index (Phi) is 5.27. The normalized spacial score (nSPS) is 10.1. The highest BCUT2D eigenvalue weighted by molar-refractivity contribution is 6.07. The number of amides is 1. The molecule has 0 heterocycles. The predicted molar refractivity (Wildman–Crippen MR) is 104 cm³/mol. The number of hydrogen-bond acceptors (Lipinski definition) is 2. The molecule has 3 aromatic rings. The number of nitrogens with one attached hydrogen (secondary N) is 2. The fourth-order valence-corrected chi connectivity index (χ4v) is 2.64. The Hall–Kier alpha value is -3.33. The van der Waals surface area contributed by atoms with E-state index in [-0.39, 0.29) is 5.91 Å². The van der Waals surface area contributed by atoms with Crippen LogP contribution in [0.25, 0.3) is 0 Å². The molecule has 0 aliphatic carbocycles. The van der Waals surface area contributed by atoms with Gasteiger partial charge in [0.25, 0.3) is 5.91 Å². The van der Waals surface area contributed by atoms with Crippen molar-refractivity contribution in [2.24, 2.45) is 0 Å². The van der Waals surface area contributed by atoms with Crippen LogP contribution >= 0.6 is 0 Å². The lowest BCUT2D eigenvalue weighted by atomic mass is 10.0. The summed E-state index contributed by atoms with van der Waals surface area (Å²) in [5.74, 6) is -0.125. The van der Waals surface area contributed by atoms with Gasteiger partial charge >= 0.3 is 0 Å². The largest absolute Gasteiger partial charge is 0.354 e. The fraction of sp³-hybridized carbons (Fsp3) is 0.0455. The third-order valence-electron chi connectivity index (χ3n) is 3.85. The van der Waals surface area contributed by atoms with E-state index in [4.69, 9.17) is 0 Å². The van der Waals surface area contributed by atoms with Gasteiger partial charge in [-0.2, -0.15) is 0 Å². The van der Waals surface area contributed by atoms with Crippen LogP contribution in [0, 0.1) is 0 Å². The molecule has 0 saturated heterocycles. The van der Waals surface area contributed by atoms with Crippen LogP contribution in [-0.2, 0) is 6.42 Å². The van der Waals surface area contributed by atoms with E-state index >= 15 is 0 Å². The van der Waals surface area contributed by atoms with E-state index in [1.807, 2.05) is 78.9 Å². The van der Waals surface area contributed by atoms with Gasteiger partial charge < -0.3 is 10.6 Å². The maximum absolute atomic E-state index is 12.7. The van der Waals surface area contributed by atoms with Crippen molar-refractivity contribution in [2.75, 3.05) is 10.6 Å². The summed E-state index contributed by atoms with van der Waals surface area (Å²) < 4.78 is 0. The highest BCUT2D eigenvalue weighted by Gasteiger charge is 2.12. The molecule has 0 saturated carbocycles. The molecule has 0 unspecified atom stereocenters. The molecule has 0 aromatic heterocycles. The van der Waals surface area contributed by atoms with Gasteiger partial charge in [0.2, 0.25) is 0 Å². The van der Waals surface area contributed by atoms with E-state index in [2.05, 4.69) is 17.2 Å². The molecule has 0 radical (unpaired) electrons. The number of benzene rings is 3. The highest BCUT2D eigenvalue weighted by atomic mass is 16.1. The van der Waals surface area contributed by atoms with Crippen molar-refractivity contribution in [3.63, 3.8) is 0 Å². The molecule has 3 heteroatoms. The summed E-state index contributed by atoms with van der Waals surface area (Å²) in [5.41, 5.74) is 4.18. The molecule has 0 aliphatic heterocycles. The van der Waals surface area contributed by atoms with Gasteiger partial charge in [-0.3, -0.25) is 4.79 Å². The molecule has 2 N–H and O–H groups in total. The average Bonchev–Trinajstić information content (AvgIpc) is 2.65. The second-order valence-corrected chi connectivity index (χ2v) is 5.64. The van der Waals surface area contributed by atoms with Gasteiger partial charge in [0, 0.05) is 11.3 Å². The Balaban J connectivity index is 1.84. The quantitative estimate of drug-likeness (QED) is 0.594. The minimum atomic E-state index is -0.125. The van der Waals surface area contributed by atoms with Crippen LogP contribution in [-0.4, -0.2) is 5.91 Å². The predicted octanol–water partition coefficient (Wildman–Crippen LogP) is 5.41. The smallest absolute Gasteiger partial charge is 0.256 e. The lowest BCUT2D eigenvalue weighted by Gasteiger charge is -2.14. The van der Waals surface area contributed by atoms with E-state index < -0.39 is 0 Å². The number of hydrogen-bond donors (Lipinski definition) is 2. The number of carbonyl (C=O) groups is 1. The highest BCUT2D eigenvalue weighted by Crippen LogP contribution is 2.26. The molecule has 0 aliphatic rings. The zero-order valence-electron chi connectivity index (χ0n) is 13.9. The lowest BCUT2D eigenvalue weighted by molar-refractivity contribution is 0.102. The molecule has 25 heavy (non-hydrogen) atoms. The molecular formula is C22H20N2O. The van der Waals surface area contributed by atoms with E-state index in [1.165, 1.54) is 0 Å². The standard InChI is InChI=1S/C22H20N2O/c1-2-10-17-11-6-7-14-19(17)22(25)24-21-16-9-8-15-20(21)23-18-12-4-3-5-13-18/h2-9,11-16,23H,1,10H2,(H,24,25). The summed E-state index contributed by atoms with van der Waals surface area (Å²) in [5, 5.41) is 6.35. The van der Waals surface area contributed by atoms with Crippen LogP contribution in [0.4, 0.5) is 17.1 Å². The Morgan fingerprint density at radius 1 is 0.840 bits per heavy atom. The maximum Gasteiger partial charge on any atom is 0.256 e. The number of carbonyl (C=O) groups excluding carboxylic acids is 1. The monoisotopic (exact) mass is 328 g/mol. The Bertz CT molecular complexity index is 872. The summed E-state index contributed by atoms with van der Waals surface area (Å²) in [6.45, 7) is 3.76. The van der Waals surface area contributed by atoms with Crippen molar-refractivity contribution in [3.8, 4) is 0 Å². The van der Waals surface area contributed by atoms with Crippen LogP contribution in [0.3, 0.4) is 0 Å². The lowest BCUT2D eigenvalue weighted by Crippen LogP contribution is -2.15. The summed E-state index contributed by atoms with van der Waals surface area (Å²) in [4.78, 5) is 12.7. The average molecular weight is 328 g/mol. The van der Waals surface area contributed by atoms with Gasteiger partial charge in [-0.25, -0.2) is 0 Å². The topological polar surface area (TPSA) is 41.1 Å². The molecule has 3 rings (SSSR count). The van der Waals surface area contributed by atoms with E-state index in [0.717, 1.165) is 22.6 Å². The molecule has 3 nitrogen and oxygen atoms in total. The van der Waals surface area contributed by atoms with Crippen molar-refractivity contribution in [3.05, 3.63) is 103 Å². The van der Waals surface area contributed by atoms with Crippen molar-refractivity contribution in [1.29, 1.82) is 0 Å². The van der Waals surface area contributed by atoms with Crippen LogP contribution in [0.1, 0.15) is 15.9 Å². The van der Waals surface area contributed by atoms with Crippen molar-refractivity contribution >= 4 is 23.0 Å². The Morgan fingerprint density at radius 3 is 2.24 bits per heavy atom. The van der Waals surface area contributed by atoms with Gasteiger partial charge in [0.15, 0.2) is 0 Å². The third kappa shape index (κ3) is 4.15. The summed E-state index contributed by atoms with van der Waals surface area (Å²) in [7, 11) is 0. The van der Waals surface area contributed by atoms with Gasteiger partial charge in [-0.15, -0.1) is 6.58 Å². The van der Waals surface area contributed by atoms with Gasteiger partial charge in [0.05, 0.1) is 11.4 Å². The van der Waals surface area contributed by atoms with E-state index in [9.17, 15) is 4.79 Å². The minimum Gasteiger partial charge on any atom is -0.354 e. The van der Waals surface area contributed by atoms with Gasteiger partial charge in [-0.1, -0.05) is 54.6 Å². The molecular weight excluding hydrogens is 308 g/mol. The zero-order chi connectivity index (χ0) is 17.5. The summed E-state index contributed by atoms with van der Waals surface area (Å²) in [6.07, 6.45) is 2.46. The van der Waals surface area contributed by atoms with Crippen molar-refractivity contribution in [2.45, 2.75) is 6.42 Å². The van der Waals surface area contributed by atoms with E-state index in [1.54, 1.807) is 6.08 Å². The summed E-state index contributed by atoms with van der Waals surface area (Å²) >= 11 is 0. The molecule has 0 atom stereocenters. The van der Waals surface area contributed by atoms with Gasteiger partial charge in [-0.05, 0) is 42.3 Å². The number of para-hydroxylation sites is 3. The number of allylic oxidation sites excluding steroid dienone is 1. The van der Waals surface area contributed by atoms with Crippen LogP contribution in [0.2, 0.25) is 0 Å². The fourth-order valence-electron chi connectivity index (χ4n) is 2.64. The second-order valence-electron chi connectivity index (χ2n) is 5.64. The molecule has 0 spiro atoms. The first-order valence-corrected chi connectivity index (χ1v) is 8.19. The maximum atomic E-state index is 12.7. The van der Waals surface area contributed by atoms with Crippen molar-refractivity contribution in [1.82, 2.24) is 0 Å². The first kappa shape index (κ1) is 16.5. The number of anilines is 3. The Labute approximate surface area is 148 Å². The van der Waals surface area contributed by atoms with E-state index in [0.29, 0.717) is 12.0 Å². The number of rotatable bonds is 6. The Morgan fingerprint density at radius 2 is 1.48 bits per heavy atom. The van der Waals surface area contributed by atoms with Crippen LogP contribution in [0.15, 0.2) is 91.5 Å². The second kappa shape index (κ2) is 7.97. The molecule has 0 bridgehead atoms. The van der Waals surface area contributed by atoms with Gasteiger partial charge in [0.1, 0.15) is 0 Å². The first-order valence-electron chi connectivity index (χ1n) is 8.19. The first-order chi connectivity index (χ1) is 12.3. The molecule has 124 valence electrons. The zero-order valence-corrected chi connectivity index (χ0v) is 13.9. The molecule has 3 aromatic carbocycles. The summed E-state index contributed by atoms with van der Waals surface area (Å²) in [6, 6.07) is 25.1. The third-order valence-corrected chi connectivity index (χ3v) is 3.85. The minimum absolute atomic E-state index is 0.125. The molecule has 1 amide bonds. The van der Waals surface area contributed by atoms with Crippen LogP contribution in [0.5, 0.6) is 0 Å². The SMILES string of the molecule is C=CCc1ccccc1C(=O)Nc1ccccc1Nc1ccccc1. The van der Waals surface area contributed by atoms with Crippen molar-refractivity contribution < 1.29 is 4.79 Å². The van der Waals surface area contributed by atoms with Crippen LogP contribution < -0.4 is 10.6 Å². The molecule has 0 fully saturated rings.